The Hall–Kier alpha value is -0.480. The van der Waals surface area contributed by atoms with Gasteiger partial charge in [-0.3, -0.25) is 0 Å². The summed E-state index contributed by atoms with van der Waals surface area (Å²) in [6.07, 6.45) is 7.48. The van der Waals surface area contributed by atoms with Crippen LogP contribution in [0.2, 0.25) is 0 Å². The number of aliphatic hydroxyl groups is 1. The third-order valence-electron chi connectivity index (χ3n) is 3.59. The lowest BCUT2D eigenvalue weighted by Gasteiger charge is -2.26. The fourth-order valence-corrected chi connectivity index (χ4v) is 4.03. The van der Waals surface area contributed by atoms with Crippen molar-refractivity contribution in [3.8, 4) is 0 Å². The minimum atomic E-state index is -0.288. The summed E-state index contributed by atoms with van der Waals surface area (Å²) >= 11 is 2.03. The largest absolute Gasteiger partial charge is 0.387 e. The Balaban J connectivity index is 1.89. The van der Waals surface area contributed by atoms with Crippen molar-refractivity contribution in [2.24, 2.45) is 0 Å². The van der Waals surface area contributed by atoms with Crippen LogP contribution in [0.15, 0.2) is 6.20 Å². The fourth-order valence-electron chi connectivity index (χ4n) is 2.71. The van der Waals surface area contributed by atoms with Gasteiger partial charge >= 0.3 is 0 Å². The lowest BCUT2D eigenvalue weighted by atomic mass is 10.1. The minimum absolute atomic E-state index is 0.288. The highest BCUT2D eigenvalue weighted by Crippen LogP contribution is 2.39. The van der Waals surface area contributed by atoms with Gasteiger partial charge in [-0.2, -0.15) is 11.8 Å². The van der Waals surface area contributed by atoms with Gasteiger partial charge in [0.1, 0.15) is 5.82 Å². The molecule has 0 spiro atoms. The number of fused-ring (bicyclic) bond motifs is 1. The lowest BCUT2D eigenvalue weighted by Crippen LogP contribution is -2.18. The van der Waals surface area contributed by atoms with Gasteiger partial charge in [-0.05, 0) is 31.4 Å². The monoisotopic (exact) mass is 238 g/mol. The topological polar surface area (TPSA) is 38.0 Å². The van der Waals surface area contributed by atoms with Crippen molar-refractivity contribution in [1.29, 1.82) is 0 Å². The maximum Gasteiger partial charge on any atom is 0.122 e. The average Bonchev–Trinajstić information content (AvgIpc) is 2.75. The zero-order valence-electron chi connectivity index (χ0n) is 9.43. The van der Waals surface area contributed by atoms with Gasteiger partial charge in [-0.15, -0.1) is 0 Å². The molecular weight excluding hydrogens is 220 g/mol. The van der Waals surface area contributed by atoms with Crippen molar-refractivity contribution < 1.29 is 5.11 Å². The Morgan fingerprint density at radius 3 is 3.06 bits per heavy atom. The molecule has 16 heavy (non-hydrogen) atoms. The zero-order valence-corrected chi connectivity index (χ0v) is 10.2. The van der Waals surface area contributed by atoms with Crippen LogP contribution in [0.4, 0.5) is 0 Å². The first-order valence-corrected chi connectivity index (χ1v) is 7.26. The van der Waals surface area contributed by atoms with Crippen LogP contribution < -0.4 is 0 Å². The molecule has 3 nitrogen and oxygen atoms in total. The van der Waals surface area contributed by atoms with E-state index < -0.39 is 0 Å². The number of hydrogen-bond donors (Lipinski definition) is 1. The van der Waals surface area contributed by atoms with E-state index in [4.69, 9.17) is 0 Å². The zero-order chi connectivity index (χ0) is 11.0. The number of thioether (sulfide) groups is 1. The Morgan fingerprint density at radius 2 is 2.25 bits per heavy atom. The smallest absolute Gasteiger partial charge is 0.122 e. The van der Waals surface area contributed by atoms with Crippen LogP contribution in [0.3, 0.4) is 0 Å². The number of rotatable bonds is 1. The second kappa shape index (κ2) is 4.41. The minimum Gasteiger partial charge on any atom is -0.387 e. The first-order valence-electron chi connectivity index (χ1n) is 6.21. The maximum absolute atomic E-state index is 9.91. The summed E-state index contributed by atoms with van der Waals surface area (Å²) in [5.74, 6) is 2.47. The third kappa shape index (κ3) is 1.78. The molecule has 2 unspecified atom stereocenters. The van der Waals surface area contributed by atoms with Gasteiger partial charge in [-0.1, -0.05) is 6.42 Å². The maximum atomic E-state index is 9.91. The number of aromatic nitrogens is 2. The highest BCUT2D eigenvalue weighted by molar-refractivity contribution is 7.99. The van der Waals surface area contributed by atoms with E-state index in [0.29, 0.717) is 5.25 Å². The highest BCUT2D eigenvalue weighted by atomic mass is 32.2. The molecule has 2 atom stereocenters. The Morgan fingerprint density at radius 1 is 1.31 bits per heavy atom. The molecule has 3 heterocycles. The Labute approximate surface area is 100 Å². The Bertz CT molecular complexity index is 371. The van der Waals surface area contributed by atoms with Crippen LogP contribution in [0.25, 0.3) is 0 Å². The molecule has 0 aliphatic carbocycles. The summed E-state index contributed by atoms with van der Waals surface area (Å²) in [7, 11) is 0. The van der Waals surface area contributed by atoms with Crippen LogP contribution in [-0.2, 0) is 6.54 Å². The first-order chi connectivity index (χ1) is 7.86. The molecule has 0 saturated carbocycles. The number of nitrogens with zero attached hydrogens (tertiary/aromatic N) is 2. The predicted molar refractivity (Wildman–Crippen MR) is 65.5 cm³/mol. The van der Waals surface area contributed by atoms with Crippen LogP contribution in [-0.4, -0.2) is 20.4 Å². The molecule has 88 valence electrons. The second-order valence-corrected chi connectivity index (χ2v) is 6.02. The second-order valence-electron chi connectivity index (χ2n) is 4.71. The molecule has 0 aromatic carbocycles. The van der Waals surface area contributed by atoms with E-state index in [9.17, 15) is 5.11 Å². The van der Waals surface area contributed by atoms with Gasteiger partial charge in [0.15, 0.2) is 0 Å². The Kier molecular flexibility index (Phi) is 2.94. The predicted octanol–water partition coefficient (Wildman–Crippen LogP) is 2.67. The van der Waals surface area contributed by atoms with Crippen molar-refractivity contribution in [1.82, 2.24) is 9.55 Å². The van der Waals surface area contributed by atoms with Gasteiger partial charge in [-0.25, -0.2) is 4.98 Å². The van der Waals surface area contributed by atoms with Gasteiger partial charge in [0.25, 0.3) is 0 Å². The lowest BCUT2D eigenvalue weighted by molar-refractivity contribution is 0.138. The number of hydrogen-bond acceptors (Lipinski definition) is 3. The van der Waals surface area contributed by atoms with Gasteiger partial charge < -0.3 is 9.67 Å². The van der Waals surface area contributed by atoms with E-state index in [1.165, 1.54) is 30.8 Å². The van der Waals surface area contributed by atoms with E-state index >= 15 is 0 Å². The first kappa shape index (κ1) is 10.7. The summed E-state index contributed by atoms with van der Waals surface area (Å²) < 4.78 is 2.26. The van der Waals surface area contributed by atoms with Gasteiger partial charge in [0.05, 0.1) is 23.2 Å². The summed E-state index contributed by atoms with van der Waals surface area (Å²) in [4.78, 5) is 4.55. The highest BCUT2D eigenvalue weighted by Gasteiger charge is 2.26. The standard InChI is InChI=1S/C12H18N2OS/c15-10-4-3-6-14-9(10)8-13-12(14)11-5-1-2-7-16-11/h8,10-11,15H,1-7H2. The third-order valence-corrected chi connectivity index (χ3v) is 4.96. The van der Waals surface area contributed by atoms with E-state index in [0.717, 1.165) is 25.1 Å². The summed E-state index contributed by atoms with van der Waals surface area (Å²) in [6.45, 7) is 1.04. The van der Waals surface area contributed by atoms with Gasteiger partial charge in [0.2, 0.25) is 0 Å². The van der Waals surface area contributed by atoms with Crippen molar-refractivity contribution in [2.75, 3.05) is 5.75 Å². The van der Waals surface area contributed by atoms with E-state index in [-0.39, 0.29) is 6.10 Å². The van der Waals surface area contributed by atoms with Crippen LogP contribution in [0.5, 0.6) is 0 Å². The average molecular weight is 238 g/mol. The van der Waals surface area contributed by atoms with Crippen LogP contribution in [0.1, 0.15) is 55.0 Å². The summed E-state index contributed by atoms with van der Waals surface area (Å²) in [6, 6.07) is 0. The van der Waals surface area contributed by atoms with Crippen LogP contribution >= 0.6 is 11.8 Å². The summed E-state index contributed by atoms with van der Waals surface area (Å²) in [5, 5.41) is 10.5. The molecule has 0 bridgehead atoms. The molecule has 0 radical (unpaired) electrons. The molecule has 3 rings (SSSR count). The fraction of sp³-hybridized carbons (Fsp3) is 0.750. The van der Waals surface area contributed by atoms with Crippen molar-refractivity contribution in [3.63, 3.8) is 0 Å². The molecule has 2 aliphatic heterocycles. The molecule has 1 fully saturated rings. The summed E-state index contributed by atoms with van der Waals surface area (Å²) in [5.41, 5.74) is 1.03. The van der Waals surface area contributed by atoms with Crippen LogP contribution in [0, 0.1) is 0 Å². The number of aliphatic hydroxyl groups excluding tert-OH is 1. The van der Waals surface area contributed by atoms with E-state index in [1.807, 2.05) is 18.0 Å². The van der Waals surface area contributed by atoms with E-state index in [1.54, 1.807) is 0 Å². The normalized spacial score (nSPS) is 30.1. The molecule has 1 saturated heterocycles. The van der Waals surface area contributed by atoms with Gasteiger partial charge in [0, 0.05) is 6.54 Å². The van der Waals surface area contributed by atoms with Crippen molar-refractivity contribution in [2.45, 2.75) is 50.0 Å². The van der Waals surface area contributed by atoms with Crippen molar-refractivity contribution in [3.05, 3.63) is 17.7 Å². The molecule has 1 N–H and O–H groups in total. The molecule has 1 aromatic heterocycles. The van der Waals surface area contributed by atoms with E-state index in [2.05, 4.69) is 9.55 Å². The number of imidazole rings is 1. The molecule has 0 amide bonds. The SMILES string of the molecule is OC1CCCn2c1cnc2C1CCCCS1. The molecule has 1 aromatic rings. The van der Waals surface area contributed by atoms with Crippen molar-refractivity contribution >= 4 is 11.8 Å². The molecular formula is C12H18N2OS. The quantitative estimate of drug-likeness (QED) is 0.817. The molecule has 2 aliphatic rings. The molecule has 4 heteroatoms.